The van der Waals surface area contributed by atoms with Crippen LogP contribution in [0.15, 0.2) is 41.5 Å². The molecule has 28 heavy (non-hydrogen) atoms. The van der Waals surface area contributed by atoms with Crippen LogP contribution in [0.1, 0.15) is 17.6 Å². The summed E-state index contributed by atoms with van der Waals surface area (Å²) in [6, 6.07) is 6.61. The van der Waals surface area contributed by atoms with E-state index in [0.717, 1.165) is 11.6 Å². The number of alkyl halides is 2. The molecule has 0 spiro atoms. The molecule has 0 aliphatic carbocycles. The van der Waals surface area contributed by atoms with Gasteiger partial charge in [-0.05, 0) is 19.1 Å². The van der Waals surface area contributed by atoms with Crippen LogP contribution < -0.4 is 15.2 Å². The molecule has 0 saturated heterocycles. The maximum Gasteiger partial charge on any atom is 0.265 e. The van der Waals surface area contributed by atoms with Gasteiger partial charge >= 0.3 is 0 Å². The second kappa shape index (κ2) is 7.93. The van der Waals surface area contributed by atoms with Crippen LogP contribution in [0.4, 0.5) is 20.2 Å². The topological polar surface area (TPSA) is 67.6 Å². The standard InChI is InChI=1S/C20H21F2N3O3/c1-12-6-16-17(24(2)14-7-13(19(21)22)10-23-11-14)8-15(28-5-4-26)9-18(16)25(3)20(12)27/h6-11,19,26H,4-5H2,1-3H3. The summed E-state index contributed by atoms with van der Waals surface area (Å²) in [4.78, 5) is 18.0. The molecule has 3 aromatic rings. The summed E-state index contributed by atoms with van der Waals surface area (Å²) in [6.07, 6.45) is 0.00241. The van der Waals surface area contributed by atoms with Crippen LogP contribution in [0.2, 0.25) is 0 Å². The van der Waals surface area contributed by atoms with Crippen LogP contribution in [-0.2, 0) is 7.05 Å². The molecule has 2 heterocycles. The zero-order valence-corrected chi connectivity index (χ0v) is 15.8. The Kier molecular flexibility index (Phi) is 5.60. The number of ether oxygens (including phenoxy) is 1. The van der Waals surface area contributed by atoms with E-state index in [1.165, 1.54) is 16.8 Å². The molecule has 0 saturated carbocycles. The molecular formula is C20H21F2N3O3. The van der Waals surface area contributed by atoms with Gasteiger partial charge in [0.05, 0.1) is 29.7 Å². The van der Waals surface area contributed by atoms with Crippen molar-refractivity contribution in [2.75, 3.05) is 25.2 Å². The Labute approximate surface area is 160 Å². The highest BCUT2D eigenvalue weighted by atomic mass is 19.3. The molecule has 0 fully saturated rings. The summed E-state index contributed by atoms with van der Waals surface area (Å²) in [5.41, 5.74) is 2.02. The van der Waals surface area contributed by atoms with Crippen LogP contribution >= 0.6 is 0 Å². The van der Waals surface area contributed by atoms with Gasteiger partial charge in [-0.3, -0.25) is 9.78 Å². The van der Waals surface area contributed by atoms with Crippen LogP contribution in [0, 0.1) is 6.92 Å². The third-order valence-electron chi connectivity index (χ3n) is 4.58. The predicted octanol–water partition coefficient (Wildman–Crippen LogP) is 3.32. The Morgan fingerprint density at radius 2 is 2.00 bits per heavy atom. The predicted molar refractivity (Wildman–Crippen MR) is 104 cm³/mol. The van der Waals surface area contributed by atoms with E-state index < -0.39 is 6.43 Å². The largest absolute Gasteiger partial charge is 0.491 e. The van der Waals surface area contributed by atoms with Gasteiger partial charge in [-0.25, -0.2) is 8.78 Å². The van der Waals surface area contributed by atoms with Crippen LogP contribution in [0.25, 0.3) is 10.9 Å². The number of fused-ring (bicyclic) bond motifs is 1. The van der Waals surface area contributed by atoms with Gasteiger partial charge in [-0.2, -0.15) is 0 Å². The summed E-state index contributed by atoms with van der Waals surface area (Å²) < 4.78 is 33.2. The molecule has 8 heteroatoms. The minimum absolute atomic E-state index is 0.0941. The number of aliphatic hydroxyl groups excluding tert-OH is 1. The fraction of sp³-hybridized carbons (Fsp3) is 0.300. The number of nitrogens with zero attached hydrogens (tertiary/aromatic N) is 3. The molecule has 0 atom stereocenters. The number of aryl methyl sites for hydroxylation is 2. The lowest BCUT2D eigenvalue weighted by atomic mass is 10.1. The van der Waals surface area contributed by atoms with Gasteiger partial charge in [-0.1, -0.05) is 0 Å². The van der Waals surface area contributed by atoms with Crippen LogP contribution in [-0.4, -0.2) is 34.9 Å². The number of aliphatic hydroxyl groups is 1. The highest BCUT2D eigenvalue weighted by Gasteiger charge is 2.16. The zero-order chi connectivity index (χ0) is 20.4. The zero-order valence-electron chi connectivity index (χ0n) is 15.8. The molecule has 0 radical (unpaired) electrons. The average molecular weight is 389 g/mol. The maximum absolute atomic E-state index is 13.1. The highest BCUT2D eigenvalue weighted by molar-refractivity contribution is 5.95. The van der Waals surface area contributed by atoms with Gasteiger partial charge in [0.25, 0.3) is 12.0 Å². The Morgan fingerprint density at radius 3 is 2.68 bits per heavy atom. The molecule has 6 nitrogen and oxygen atoms in total. The molecule has 1 aromatic carbocycles. The smallest absolute Gasteiger partial charge is 0.265 e. The highest BCUT2D eigenvalue weighted by Crippen LogP contribution is 2.35. The number of hydrogen-bond acceptors (Lipinski definition) is 5. The van der Waals surface area contributed by atoms with Gasteiger partial charge in [0.15, 0.2) is 0 Å². The second-order valence-electron chi connectivity index (χ2n) is 6.47. The first kappa shape index (κ1) is 19.8. The van der Waals surface area contributed by atoms with Crippen molar-refractivity contribution in [3.8, 4) is 5.75 Å². The number of benzene rings is 1. The first-order valence-corrected chi connectivity index (χ1v) is 8.68. The van der Waals surface area contributed by atoms with Crippen molar-refractivity contribution in [2.45, 2.75) is 13.3 Å². The Hall–Kier alpha value is -3.00. The summed E-state index contributed by atoms with van der Waals surface area (Å²) in [6.45, 7) is 1.66. The normalized spacial score (nSPS) is 11.2. The van der Waals surface area contributed by atoms with Crippen molar-refractivity contribution < 1.29 is 18.6 Å². The molecule has 0 bridgehead atoms. The van der Waals surface area contributed by atoms with Crippen LogP contribution in [0.5, 0.6) is 5.75 Å². The Balaban J connectivity index is 2.22. The maximum atomic E-state index is 13.1. The van der Waals surface area contributed by atoms with Crippen molar-refractivity contribution in [2.24, 2.45) is 7.05 Å². The molecule has 148 valence electrons. The van der Waals surface area contributed by atoms with Crippen molar-refractivity contribution in [3.63, 3.8) is 0 Å². The van der Waals surface area contributed by atoms with E-state index >= 15 is 0 Å². The molecule has 0 aliphatic heterocycles. The van der Waals surface area contributed by atoms with Gasteiger partial charge in [0.1, 0.15) is 12.4 Å². The number of pyridine rings is 2. The minimum Gasteiger partial charge on any atom is -0.491 e. The minimum atomic E-state index is -2.63. The fourth-order valence-electron chi connectivity index (χ4n) is 3.09. The van der Waals surface area contributed by atoms with E-state index in [9.17, 15) is 13.6 Å². The van der Waals surface area contributed by atoms with Gasteiger partial charge < -0.3 is 19.3 Å². The monoisotopic (exact) mass is 389 g/mol. The van der Waals surface area contributed by atoms with Gasteiger partial charge in [0.2, 0.25) is 0 Å². The van der Waals surface area contributed by atoms with Crippen molar-refractivity contribution in [3.05, 3.63) is 58.1 Å². The SMILES string of the molecule is Cc1cc2c(N(C)c3cncc(C(F)F)c3)cc(OCCO)cc2n(C)c1=O. The first-order valence-electron chi connectivity index (χ1n) is 8.68. The van der Waals surface area contributed by atoms with Crippen molar-refractivity contribution in [1.82, 2.24) is 9.55 Å². The summed E-state index contributed by atoms with van der Waals surface area (Å²) >= 11 is 0. The van der Waals surface area contributed by atoms with E-state index in [1.807, 2.05) is 0 Å². The number of anilines is 2. The molecular weight excluding hydrogens is 368 g/mol. The summed E-state index contributed by atoms with van der Waals surface area (Å²) in [5, 5.41) is 9.81. The number of aromatic nitrogens is 2. The molecule has 0 unspecified atom stereocenters. The number of rotatable bonds is 6. The lowest BCUT2D eigenvalue weighted by molar-refractivity contribution is 0.151. The summed E-state index contributed by atoms with van der Waals surface area (Å²) in [7, 11) is 3.40. The van der Waals surface area contributed by atoms with Crippen molar-refractivity contribution >= 4 is 22.3 Å². The molecule has 3 rings (SSSR count). The van der Waals surface area contributed by atoms with Crippen LogP contribution in [0.3, 0.4) is 0 Å². The van der Waals surface area contributed by atoms with Gasteiger partial charge in [0, 0.05) is 48.9 Å². The van der Waals surface area contributed by atoms with E-state index in [2.05, 4.69) is 4.98 Å². The summed E-state index contributed by atoms with van der Waals surface area (Å²) in [5.74, 6) is 0.459. The van der Waals surface area contributed by atoms with Gasteiger partial charge in [-0.15, -0.1) is 0 Å². The molecule has 0 aliphatic rings. The van der Waals surface area contributed by atoms with E-state index in [1.54, 1.807) is 44.1 Å². The molecule has 2 aromatic heterocycles. The lowest BCUT2D eigenvalue weighted by Crippen LogP contribution is -2.20. The Morgan fingerprint density at radius 1 is 1.25 bits per heavy atom. The first-order chi connectivity index (χ1) is 13.3. The second-order valence-corrected chi connectivity index (χ2v) is 6.47. The molecule has 1 N–H and O–H groups in total. The lowest BCUT2D eigenvalue weighted by Gasteiger charge is -2.23. The third-order valence-corrected chi connectivity index (χ3v) is 4.58. The van der Waals surface area contributed by atoms with Crippen molar-refractivity contribution in [1.29, 1.82) is 0 Å². The quantitative estimate of drug-likeness (QED) is 0.701. The number of hydrogen-bond donors (Lipinski definition) is 1. The fourth-order valence-corrected chi connectivity index (χ4v) is 3.09. The van der Waals surface area contributed by atoms with E-state index in [-0.39, 0.29) is 24.3 Å². The number of halogens is 2. The Bertz CT molecular complexity index is 1070. The average Bonchev–Trinajstić information content (AvgIpc) is 2.70. The third kappa shape index (κ3) is 3.68. The molecule has 0 amide bonds. The van der Waals surface area contributed by atoms with E-state index in [0.29, 0.717) is 28.2 Å². The van der Waals surface area contributed by atoms with E-state index in [4.69, 9.17) is 9.84 Å².